The van der Waals surface area contributed by atoms with Crippen LogP contribution < -0.4 is 4.90 Å². The van der Waals surface area contributed by atoms with E-state index >= 15 is 0 Å². The zero-order chi connectivity index (χ0) is 42.6. The van der Waals surface area contributed by atoms with Crippen molar-refractivity contribution in [3.8, 4) is 29.7 Å². The van der Waals surface area contributed by atoms with Crippen LogP contribution in [0.25, 0.3) is 33.3 Å². The molecule has 310 valence electrons. The molecule has 62 heavy (non-hydrogen) atoms. The first-order valence-electron chi connectivity index (χ1n) is 23.0. The van der Waals surface area contributed by atoms with Crippen LogP contribution in [0.15, 0.2) is 193 Å². The minimum Gasteiger partial charge on any atom is -0.338 e. The summed E-state index contributed by atoms with van der Waals surface area (Å²) in [5, 5.41) is 1.37. The fourth-order valence-electron chi connectivity index (χ4n) is 11.4. The van der Waals surface area contributed by atoms with Crippen LogP contribution in [0.3, 0.4) is 0 Å². The highest BCUT2D eigenvalue weighted by atomic mass is 15.2. The number of benzene rings is 4. The van der Waals surface area contributed by atoms with E-state index in [0.29, 0.717) is 35.6 Å². The lowest BCUT2D eigenvalue weighted by molar-refractivity contribution is 0.332. The van der Waals surface area contributed by atoms with Crippen molar-refractivity contribution in [1.29, 1.82) is 0 Å². The third-order valence-electron chi connectivity index (χ3n) is 14.3. The zero-order valence-corrected chi connectivity index (χ0v) is 36.7. The highest BCUT2D eigenvalue weighted by Crippen LogP contribution is 2.48. The summed E-state index contributed by atoms with van der Waals surface area (Å²) >= 11 is 0. The first kappa shape index (κ1) is 41.1. The molecule has 0 amide bonds. The van der Waals surface area contributed by atoms with E-state index < -0.39 is 0 Å². The molecule has 1 aliphatic heterocycles. The number of anilines is 1. The lowest BCUT2D eigenvalue weighted by Gasteiger charge is -2.45. The van der Waals surface area contributed by atoms with Crippen molar-refractivity contribution >= 4 is 22.2 Å². The fourth-order valence-corrected chi connectivity index (χ4v) is 11.4. The molecule has 0 saturated carbocycles. The van der Waals surface area contributed by atoms with Crippen molar-refractivity contribution in [3.63, 3.8) is 0 Å². The summed E-state index contributed by atoms with van der Waals surface area (Å²) in [6.07, 6.45) is 44.4. The largest absolute Gasteiger partial charge is 0.338 e. The van der Waals surface area contributed by atoms with Gasteiger partial charge in [-0.25, -0.2) is 0 Å². The summed E-state index contributed by atoms with van der Waals surface area (Å²) in [6, 6.07) is 39.0. The van der Waals surface area contributed by atoms with E-state index in [9.17, 15) is 0 Å². The van der Waals surface area contributed by atoms with E-state index in [2.05, 4.69) is 219 Å². The van der Waals surface area contributed by atoms with Crippen LogP contribution in [0.1, 0.15) is 76.1 Å². The molecule has 2 bridgehead atoms. The van der Waals surface area contributed by atoms with E-state index in [1.54, 1.807) is 11.1 Å². The Hall–Kier alpha value is -6.30. The van der Waals surface area contributed by atoms with E-state index in [0.717, 1.165) is 44.9 Å². The minimum absolute atomic E-state index is 0.332. The van der Waals surface area contributed by atoms with E-state index in [1.807, 2.05) is 0 Å². The molecule has 6 unspecified atom stereocenters. The van der Waals surface area contributed by atoms with Gasteiger partial charge in [0.1, 0.15) is 0 Å². The van der Waals surface area contributed by atoms with Crippen LogP contribution >= 0.6 is 0 Å². The fraction of sp³-hybridized carbons (Fsp3) is 0.267. The molecule has 4 aromatic carbocycles. The maximum atomic E-state index is 4.00. The number of hydrogen-bond donors (Lipinski definition) is 0. The Morgan fingerprint density at radius 2 is 1.61 bits per heavy atom. The van der Waals surface area contributed by atoms with E-state index in [-0.39, 0.29) is 0 Å². The SMILES string of the molecule is C#C.C/C=C\C(CC1=C/CC2C3C=CC=CC(=C3)N(c3ccccc3)C2CC/C=C\1)C(C)/C(=C1\CC=CCC1C)c1ccc2c(c1)c1c(n2-c2ccccc2)Cc2ccccc2-1. The first-order valence-corrected chi connectivity index (χ1v) is 23.0. The van der Waals surface area contributed by atoms with Gasteiger partial charge >= 0.3 is 0 Å². The van der Waals surface area contributed by atoms with Gasteiger partial charge in [0.05, 0.1) is 5.52 Å². The van der Waals surface area contributed by atoms with Crippen molar-refractivity contribution in [3.05, 3.63) is 210 Å². The van der Waals surface area contributed by atoms with Crippen LogP contribution in [-0.2, 0) is 6.42 Å². The summed E-state index contributed by atoms with van der Waals surface area (Å²) < 4.78 is 2.53. The molecule has 2 nitrogen and oxygen atoms in total. The smallest absolute Gasteiger partial charge is 0.0538 e. The van der Waals surface area contributed by atoms with E-state index in [4.69, 9.17) is 0 Å². The van der Waals surface area contributed by atoms with Gasteiger partial charge in [0, 0.05) is 52.1 Å². The van der Waals surface area contributed by atoms with Gasteiger partial charge in [-0.3, -0.25) is 0 Å². The second-order valence-corrected chi connectivity index (χ2v) is 17.8. The average Bonchev–Trinajstić information content (AvgIpc) is 3.79. The molecular formula is C60H60N2. The molecule has 0 spiro atoms. The Morgan fingerprint density at radius 1 is 0.839 bits per heavy atom. The van der Waals surface area contributed by atoms with E-state index in [1.165, 1.54) is 61.5 Å². The van der Waals surface area contributed by atoms with Gasteiger partial charge < -0.3 is 9.47 Å². The molecule has 2 heterocycles. The van der Waals surface area contributed by atoms with Crippen LogP contribution in [0, 0.1) is 42.4 Å². The topological polar surface area (TPSA) is 8.17 Å². The van der Waals surface area contributed by atoms with Gasteiger partial charge in [0.15, 0.2) is 0 Å². The number of rotatable bonds is 8. The number of aromatic nitrogens is 1. The maximum Gasteiger partial charge on any atom is 0.0538 e. The first-order chi connectivity index (χ1) is 30.6. The standard InChI is InChI=1S/C58H58N2.C2H2/c1-4-19-43(36-42-21-12-18-31-54-51(34-32-42)44-22-13-15-28-49(37-44)59(54)47-24-7-5-8-25-47)41(3)57(50-29-16-11-20-40(50)2)46-33-35-55-53(38-46)58-52-30-17-14-23-45(52)39-56(58)60(55)48-26-9-6-10-27-48;1-2/h4-17,19,21-28,30,32-33,35,37-38,40-41,43-44,51,54H,18,20,29,31,34,36,39H2,1-3H3;1-2H/b19-4-,21-12-,42-32+,57-50-;. The Morgan fingerprint density at radius 3 is 2.40 bits per heavy atom. The predicted octanol–water partition coefficient (Wildman–Crippen LogP) is 15.2. The van der Waals surface area contributed by atoms with Gasteiger partial charge in [-0.05, 0) is 134 Å². The molecule has 4 aliphatic carbocycles. The second kappa shape index (κ2) is 18.4. The summed E-state index contributed by atoms with van der Waals surface area (Å²) in [5.41, 5.74) is 16.9. The lowest BCUT2D eigenvalue weighted by atomic mass is 9.73. The van der Waals surface area contributed by atoms with Crippen molar-refractivity contribution in [2.45, 2.75) is 71.8 Å². The average molecular weight is 809 g/mol. The molecule has 5 aliphatic rings. The zero-order valence-electron chi connectivity index (χ0n) is 36.7. The third kappa shape index (κ3) is 7.75. The van der Waals surface area contributed by atoms with Gasteiger partial charge in [0.2, 0.25) is 0 Å². The quantitative estimate of drug-likeness (QED) is 0.110. The van der Waals surface area contributed by atoms with Crippen LogP contribution in [0.4, 0.5) is 5.69 Å². The number of nitrogens with zero attached hydrogens (tertiary/aromatic N) is 2. The number of para-hydroxylation sites is 2. The molecule has 6 atom stereocenters. The lowest BCUT2D eigenvalue weighted by Crippen LogP contribution is -2.45. The monoisotopic (exact) mass is 808 g/mol. The minimum atomic E-state index is 0.332. The van der Waals surface area contributed by atoms with Crippen LogP contribution in [0.5, 0.6) is 0 Å². The van der Waals surface area contributed by atoms with Crippen LogP contribution in [-0.4, -0.2) is 10.6 Å². The summed E-state index contributed by atoms with van der Waals surface area (Å²) in [4.78, 5) is 2.64. The molecule has 0 fully saturated rings. The number of terminal acetylenes is 1. The van der Waals surface area contributed by atoms with Gasteiger partial charge in [-0.1, -0.05) is 159 Å². The van der Waals surface area contributed by atoms with Gasteiger partial charge in [-0.2, -0.15) is 0 Å². The Kier molecular flexibility index (Phi) is 12.2. The molecule has 5 aromatic rings. The van der Waals surface area contributed by atoms with Gasteiger partial charge in [0.25, 0.3) is 0 Å². The van der Waals surface area contributed by atoms with Crippen LogP contribution in [0.2, 0.25) is 0 Å². The van der Waals surface area contributed by atoms with Crippen molar-refractivity contribution in [2.24, 2.45) is 29.6 Å². The molecule has 0 N–H and O–H groups in total. The molecule has 0 radical (unpaired) electrons. The molecule has 0 saturated heterocycles. The van der Waals surface area contributed by atoms with Gasteiger partial charge in [-0.15, -0.1) is 12.8 Å². The summed E-state index contributed by atoms with van der Waals surface area (Å²) in [6.45, 7) is 7.20. The second-order valence-electron chi connectivity index (χ2n) is 17.8. The third-order valence-corrected chi connectivity index (χ3v) is 14.3. The predicted molar refractivity (Wildman–Crippen MR) is 265 cm³/mol. The number of fused-ring (bicyclic) bond motifs is 8. The highest BCUT2D eigenvalue weighted by Gasteiger charge is 2.37. The Labute approximate surface area is 370 Å². The van der Waals surface area contributed by atoms with Crippen molar-refractivity contribution in [2.75, 3.05) is 4.90 Å². The molecule has 2 heteroatoms. The Bertz CT molecular complexity index is 2690. The normalized spacial score (nSPS) is 24.4. The highest BCUT2D eigenvalue weighted by molar-refractivity contribution is 6.03. The van der Waals surface area contributed by atoms with Crippen molar-refractivity contribution < 1.29 is 0 Å². The summed E-state index contributed by atoms with van der Waals surface area (Å²) in [7, 11) is 0. The van der Waals surface area contributed by atoms with Crippen molar-refractivity contribution in [1.82, 2.24) is 4.57 Å². The molecule has 1 aromatic heterocycles. The Balaban J connectivity index is 0.00000242. The molecule has 10 rings (SSSR count). The molecular weight excluding hydrogens is 749 g/mol. The summed E-state index contributed by atoms with van der Waals surface area (Å²) in [5.74, 6) is 2.14. The number of hydrogen-bond acceptors (Lipinski definition) is 1. The maximum absolute atomic E-state index is 4.00. The number of allylic oxidation sites excluding steroid dienone is 15.